The largest absolute Gasteiger partial charge is 0.456 e. The predicted molar refractivity (Wildman–Crippen MR) is 151 cm³/mol. The summed E-state index contributed by atoms with van der Waals surface area (Å²) in [5, 5.41) is 6.75. The number of hydrogen-bond acceptors (Lipinski definition) is 7. The van der Waals surface area contributed by atoms with Crippen molar-refractivity contribution in [3.05, 3.63) is 59.1 Å². The van der Waals surface area contributed by atoms with Crippen molar-refractivity contribution < 1.29 is 28.6 Å². The van der Waals surface area contributed by atoms with Crippen LogP contribution in [0.3, 0.4) is 0 Å². The van der Waals surface area contributed by atoms with Crippen LogP contribution in [0.4, 0.5) is 0 Å². The number of halogens is 1. The monoisotopic (exact) mass is 571 g/mol. The molecule has 216 valence electrons. The number of rotatable bonds is 10. The molecule has 2 N–H and O–H groups in total. The minimum Gasteiger partial charge on any atom is -0.456 e. The molecule has 4 rings (SSSR count). The molecule has 4 atom stereocenters. The second-order valence-electron chi connectivity index (χ2n) is 11.1. The normalized spacial score (nSPS) is 21.7. The van der Waals surface area contributed by atoms with Crippen LogP contribution in [0.1, 0.15) is 52.5 Å². The van der Waals surface area contributed by atoms with Gasteiger partial charge in [0.25, 0.3) is 0 Å². The van der Waals surface area contributed by atoms with Crippen LogP contribution in [-0.4, -0.2) is 60.3 Å². The molecule has 9 nitrogen and oxygen atoms in total. The van der Waals surface area contributed by atoms with Crippen molar-refractivity contribution in [2.75, 3.05) is 13.2 Å². The van der Waals surface area contributed by atoms with Crippen molar-refractivity contribution in [1.82, 2.24) is 15.5 Å². The molecule has 2 aliphatic heterocycles. The Kier molecular flexibility index (Phi) is 9.71. The summed E-state index contributed by atoms with van der Waals surface area (Å²) in [6, 6.07) is 13.2. The van der Waals surface area contributed by atoms with Gasteiger partial charge in [-0.25, -0.2) is 0 Å². The minimum absolute atomic E-state index is 0.0387. The van der Waals surface area contributed by atoms with E-state index in [2.05, 4.69) is 10.6 Å². The van der Waals surface area contributed by atoms with Crippen molar-refractivity contribution in [2.24, 2.45) is 5.41 Å². The highest BCUT2D eigenvalue weighted by Crippen LogP contribution is 2.33. The van der Waals surface area contributed by atoms with Gasteiger partial charge < -0.3 is 29.7 Å². The maximum Gasteiger partial charge on any atom is 0.310 e. The topological polar surface area (TPSA) is 106 Å². The van der Waals surface area contributed by atoms with Gasteiger partial charge in [0.05, 0.1) is 17.5 Å². The fraction of sp³-hybridized carbons (Fsp3) is 0.500. The molecule has 40 heavy (non-hydrogen) atoms. The van der Waals surface area contributed by atoms with Gasteiger partial charge >= 0.3 is 5.97 Å². The second kappa shape index (κ2) is 13.0. The fourth-order valence-electron chi connectivity index (χ4n) is 5.08. The standard InChI is InChI=1S/C30H38ClN3O6/c1-5-38-29-21(17-24(35)40-29)33-27(36)22-14-10-16-34(22)28(37)26(30(2,3)4)32-18-19-11-9-15-23(25(19)31)39-20-12-7-6-8-13-20/h6-9,11-13,15,21-22,26,29,32H,5,10,14,16-18H2,1-4H3,(H,33,36)/t21-,22-,26+,29+/m0/s1. The molecule has 2 amide bonds. The summed E-state index contributed by atoms with van der Waals surface area (Å²) in [5.41, 5.74) is 0.345. The molecule has 2 fully saturated rings. The molecule has 10 heteroatoms. The molecular formula is C30H38ClN3O6. The van der Waals surface area contributed by atoms with Crippen molar-refractivity contribution in [1.29, 1.82) is 0 Å². The number of carbonyl (C=O) groups excluding carboxylic acids is 3. The van der Waals surface area contributed by atoms with Crippen LogP contribution < -0.4 is 15.4 Å². The van der Waals surface area contributed by atoms with E-state index < -0.39 is 35.8 Å². The molecule has 0 radical (unpaired) electrons. The summed E-state index contributed by atoms with van der Waals surface area (Å²) in [6.45, 7) is 8.90. The summed E-state index contributed by atoms with van der Waals surface area (Å²) >= 11 is 6.70. The van der Waals surface area contributed by atoms with E-state index in [4.69, 9.17) is 25.8 Å². The summed E-state index contributed by atoms with van der Waals surface area (Å²) < 4.78 is 16.6. The highest BCUT2D eigenvalue weighted by atomic mass is 35.5. The molecule has 2 aromatic carbocycles. The summed E-state index contributed by atoms with van der Waals surface area (Å²) in [5.74, 6) is 0.328. The Hall–Kier alpha value is -3.14. The van der Waals surface area contributed by atoms with E-state index in [1.807, 2.05) is 63.2 Å². The summed E-state index contributed by atoms with van der Waals surface area (Å²) in [6.07, 6.45) is 0.472. The Morgan fingerprint density at radius 2 is 1.90 bits per heavy atom. The van der Waals surface area contributed by atoms with Gasteiger partial charge in [-0.15, -0.1) is 0 Å². The number of nitrogens with one attached hydrogen (secondary N) is 2. The number of benzene rings is 2. The van der Waals surface area contributed by atoms with Crippen LogP contribution >= 0.6 is 11.6 Å². The average Bonchev–Trinajstić information content (AvgIpc) is 3.53. The van der Waals surface area contributed by atoms with Crippen molar-refractivity contribution in [3.63, 3.8) is 0 Å². The first-order valence-electron chi connectivity index (χ1n) is 13.7. The third kappa shape index (κ3) is 7.13. The van der Waals surface area contributed by atoms with Crippen LogP contribution in [0.2, 0.25) is 5.02 Å². The molecular weight excluding hydrogens is 534 g/mol. The van der Waals surface area contributed by atoms with Crippen molar-refractivity contribution in [2.45, 2.75) is 77.9 Å². The maximum atomic E-state index is 13.9. The van der Waals surface area contributed by atoms with Crippen LogP contribution in [0.5, 0.6) is 11.5 Å². The van der Waals surface area contributed by atoms with Crippen molar-refractivity contribution >= 4 is 29.4 Å². The van der Waals surface area contributed by atoms with Gasteiger partial charge in [0, 0.05) is 19.7 Å². The van der Waals surface area contributed by atoms with Crippen LogP contribution in [0.15, 0.2) is 48.5 Å². The maximum absolute atomic E-state index is 13.9. The molecule has 0 aliphatic carbocycles. The third-order valence-corrected chi connectivity index (χ3v) is 7.51. The quantitative estimate of drug-likeness (QED) is 0.407. The fourth-order valence-corrected chi connectivity index (χ4v) is 5.31. The average molecular weight is 572 g/mol. The summed E-state index contributed by atoms with van der Waals surface area (Å²) in [4.78, 5) is 40.6. The molecule has 2 heterocycles. The number of nitrogens with zero attached hydrogens (tertiary/aromatic N) is 1. The van der Waals surface area contributed by atoms with E-state index in [1.54, 1.807) is 17.9 Å². The smallest absolute Gasteiger partial charge is 0.310 e. The zero-order chi connectivity index (χ0) is 28.9. The van der Waals surface area contributed by atoms with Gasteiger partial charge in [-0.05, 0) is 48.9 Å². The Morgan fingerprint density at radius 3 is 2.60 bits per heavy atom. The number of esters is 1. The minimum atomic E-state index is -0.817. The second-order valence-corrected chi connectivity index (χ2v) is 11.5. The number of amides is 2. The van der Waals surface area contributed by atoms with Crippen LogP contribution in [0, 0.1) is 5.41 Å². The van der Waals surface area contributed by atoms with Crippen molar-refractivity contribution in [3.8, 4) is 11.5 Å². The summed E-state index contributed by atoms with van der Waals surface area (Å²) in [7, 11) is 0. The Balaban J connectivity index is 1.44. The molecule has 2 aromatic rings. The molecule has 0 unspecified atom stereocenters. The SMILES string of the molecule is CCO[C@@H]1OC(=O)C[C@@H]1NC(=O)[C@@H]1CCCN1C(=O)[C@@H](NCc1cccc(Oc2ccccc2)c1Cl)C(C)(C)C. The molecule has 0 saturated carbocycles. The van der Waals surface area contributed by atoms with Gasteiger partial charge in [0.2, 0.25) is 18.1 Å². The first kappa shape index (κ1) is 29.8. The third-order valence-electron chi connectivity index (χ3n) is 7.08. The van der Waals surface area contributed by atoms with Crippen LogP contribution in [-0.2, 0) is 30.4 Å². The van der Waals surface area contributed by atoms with Gasteiger partial charge in [0.15, 0.2) is 0 Å². The lowest BCUT2D eigenvalue weighted by atomic mass is 9.85. The molecule has 2 aliphatic rings. The Labute approximate surface area is 240 Å². The zero-order valence-electron chi connectivity index (χ0n) is 23.4. The van der Waals surface area contributed by atoms with E-state index in [9.17, 15) is 14.4 Å². The first-order valence-corrected chi connectivity index (χ1v) is 14.1. The lowest BCUT2D eigenvalue weighted by Crippen LogP contribution is -2.57. The number of ether oxygens (including phenoxy) is 3. The lowest BCUT2D eigenvalue weighted by molar-refractivity contribution is -0.164. The Morgan fingerprint density at radius 1 is 1.15 bits per heavy atom. The predicted octanol–water partition coefficient (Wildman–Crippen LogP) is 4.42. The van der Waals surface area contributed by atoms with Gasteiger partial charge in [-0.1, -0.05) is 62.7 Å². The highest BCUT2D eigenvalue weighted by Gasteiger charge is 2.43. The number of carbonyl (C=O) groups is 3. The van der Waals surface area contributed by atoms with Gasteiger partial charge in [0.1, 0.15) is 23.6 Å². The molecule has 0 spiro atoms. The molecule has 0 bridgehead atoms. The first-order chi connectivity index (χ1) is 19.1. The number of likely N-dealkylation sites (tertiary alicyclic amines) is 1. The molecule has 2 saturated heterocycles. The molecule has 0 aromatic heterocycles. The van der Waals surface area contributed by atoms with E-state index in [0.29, 0.717) is 49.1 Å². The van der Waals surface area contributed by atoms with Gasteiger partial charge in [-0.2, -0.15) is 0 Å². The van der Waals surface area contributed by atoms with Gasteiger partial charge in [-0.3, -0.25) is 14.4 Å². The Bertz CT molecular complexity index is 1200. The van der Waals surface area contributed by atoms with Crippen LogP contribution in [0.25, 0.3) is 0 Å². The zero-order valence-corrected chi connectivity index (χ0v) is 24.2. The number of para-hydroxylation sites is 1. The highest BCUT2D eigenvalue weighted by molar-refractivity contribution is 6.32. The van der Waals surface area contributed by atoms with E-state index in [1.165, 1.54) is 0 Å². The number of cyclic esters (lactones) is 1. The van der Waals surface area contributed by atoms with E-state index in [-0.39, 0.29) is 18.2 Å². The van der Waals surface area contributed by atoms with E-state index in [0.717, 1.165) is 5.56 Å². The number of hydrogen-bond donors (Lipinski definition) is 2. The lowest BCUT2D eigenvalue weighted by Gasteiger charge is -2.36. The van der Waals surface area contributed by atoms with E-state index >= 15 is 0 Å².